The molecule has 0 bridgehead atoms. The molecular weight excluding hydrogens is 494 g/mol. The van der Waals surface area contributed by atoms with Gasteiger partial charge in [-0.3, -0.25) is 0 Å². The van der Waals surface area contributed by atoms with E-state index in [9.17, 15) is 0 Å². The number of nitrogens with zero attached hydrogens (tertiary/aromatic N) is 1. The number of benzene rings is 6. The van der Waals surface area contributed by atoms with Crippen LogP contribution < -0.4 is 0 Å². The monoisotopic (exact) mass is 525 g/mol. The van der Waals surface area contributed by atoms with Crippen molar-refractivity contribution >= 4 is 48.9 Å². The second kappa shape index (κ2) is 10.1. The molecule has 196 valence electrons. The zero-order valence-electron chi connectivity index (χ0n) is 23.4. The maximum atomic E-state index is 4.08. The van der Waals surface area contributed by atoms with Crippen LogP contribution in [-0.2, 0) is 0 Å². The van der Waals surface area contributed by atoms with Crippen molar-refractivity contribution in [1.82, 2.24) is 4.57 Å². The predicted octanol–water partition coefficient (Wildman–Crippen LogP) is 11.3. The summed E-state index contributed by atoms with van der Waals surface area (Å²) in [5, 5.41) is 7.59. The molecule has 0 saturated heterocycles. The molecule has 7 aromatic rings. The molecule has 0 unspecified atom stereocenters. The summed E-state index contributed by atoms with van der Waals surface area (Å²) >= 11 is 0. The number of hydrogen-bond donors (Lipinski definition) is 0. The molecule has 0 fully saturated rings. The molecule has 0 aliphatic rings. The highest BCUT2D eigenvalue weighted by Crippen LogP contribution is 2.42. The van der Waals surface area contributed by atoms with Gasteiger partial charge in [0.25, 0.3) is 0 Å². The fraction of sp³-hybridized carbons (Fsp3) is 0.0500. The minimum absolute atomic E-state index is 1.04. The number of fused-ring (bicyclic) bond motifs is 5. The van der Waals surface area contributed by atoms with E-state index in [0.717, 1.165) is 11.3 Å². The van der Waals surface area contributed by atoms with Crippen LogP contribution >= 0.6 is 0 Å². The largest absolute Gasteiger partial charge is 0.309 e. The summed E-state index contributed by atoms with van der Waals surface area (Å²) in [5.74, 6) is 0. The lowest BCUT2D eigenvalue weighted by Crippen LogP contribution is -1.95. The Balaban J connectivity index is 1.46. The Bertz CT molecular complexity index is 2060. The molecule has 0 saturated carbocycles. The minimum Gasteiger partial charge on any atom is -0.309 e. The fourth-order valence-electron chi connectivity index (χ4n) is 6.28. The van der Waals surface area contributed by atoms with Crippen LogP contribution in [0.3, 0.4) is 0 Å². The van der Waals surface area contributed by atoms with Crippen LogP contribution in [0.25, 0.3) is 65.7 Å². The molecule has 0 amide bonds. The standard InChI is InChI=1S/C40H31N/c1-4-28(22-21-27(2)3)39-33-15-5-7-17-35(33)40(36-18-8-6-16-34(36)39)29-23-25-30(26-24-29)41-37-19-11-9-13-31(37)32-14-10-12-20-38(32)41/h4-26H,2H2,1,3H3/b22-21-,28-4+. The highest BCUT2D eigenvalue weighted by atomic mass is 15.0. The van der Waals surface area contributed by atoms with Gasteiger partial charge in [-0.1, -0.05) is 127 Å². The first-order valence-corrected chi connectivity index (χ1v) is 14.2. The summed E-state index contributed by atoms with van der Waals surface area (Å²) in [7, 11) is 0. The van der Waals surface area contributed by atoms with Crippen LogP contribution in [-0.4, -0.2) is 4.57 Å². The fourth-order valence-corrected chi connectivity index (χ4v) is 6.28. The third-order valence-corrected chi connectivity index (χ3v) is 8.07. The highest BCUT2D eigenvalue weighted by molar-refractivity contribution is 6.19. The van der Waals surface area contributed by atoms with E-state index >= 15 is 0 Å². The van der Waals surface area contributed by atoms with E-state index in [0.29, 0.717) is 0 Å². The van der Waals surface area contributed by atoms with E-state index in [1.54, 1.807) is 0 Å². The number of para-hydroxylation sites is 2. The molecule has 1 heterocycles. The number of rotatable bonds is 5. The van der Waals surface area contributed by atoms with Crippen molar-refractivity contribution in [1.29, 1.82) is 0 Å². The van der Waals surface area contributed by atoms with Gasteiger partial charge in [-0.25, -0.2) is 0 Å². The maximum Gasteiger partial charge on any atom is 0.0541 e. The van der Waals surface area contributed by atoms with Crippen molar-refractivity contribution in [2.75, 3.05) is 0 Å². The molecule has 0 atom stereocenters. The molecule has 0 radical (unpaired) electrons. The molecular formula is C40H31N. The van der Waals surface area contributed by atoms with Crippen molar-refractivity contribution in [2.45, 2.75) is 13.8 Å². The van der Waals surface area contributed by atoms with Gasteiger partial charge in [-0.05, 0) is 81.9 Å². The number of aromatic nitrogens is 1. The summed E-state index contributed by atoms with van der Waals surface area (Å²) in [6.07, 6.45) is 6.49. The van der Waals surface area contributed by atoms with Crippen molar-refractivity contribution < 1.29 is 0 Å². The summed E-state index contributed by atoms with van der Waals surface area (Å²) < 4.78 is 2.38. The Morgan fingerprint density at radius 3 is 1.51 bits per heavy atom. The molecule has 7 rings (SSSR count). The van der Waals surface area contributed by atoms with E-state index in [-0.39, 0.29) is 0 Å². The third-order valence-electron chi connectivity index (χ3n) is 8.07. The summed E-state index contributed by atoms with van der Waals surface area (Å²) in [6, 6.07) is 44.0. The summed E-state index contributed by atoms with van der Waals surface area (Å²) in [4.78, 5) is 0. The second-order valence-corrected chi connectivity index (χ2v) is 10.7. The lowest BCUT2D eigenvalue weighted by molar-refractivity contribution is 1.18. The quantitative estimate of drug-likeness (QED) is 0.156. The molecule has 0 aliphatic heterocycles. The van der Waals surface area contributed by atoms with Gasteiger partial charge < -0.3 is 4.57 Å². The van der Waals surface area contributed by atoms with Crippen LogP contribution in [0.1, 0.15) is 19.4 Å². The number of hydrogen-bond acceptors (Lipinski definition) is 0. The van der Waals surface area contributed by atoms with Crippen LogP contribution in [0, 0.1) is 0 Å². The van der Waals surface area contributed by atoms with E-state index in [1.165, 1.54) is 65.6 Å². The van der Waals surface area contributed by atoms with Crippen molar-refractivity contribution in [2.24, 2.45) is 0 Å². The highest BCUT2D eigenvalue weighted by Gasteiger charge is 2.17. The van der Waals surface area contributed by atoms with E-state index in [4.69, 9.17) is 0 Å². The molecule has 0 aliphatic carbocycles. The smallest absolute Gasteiger partial charge is 0.0541 e. The predicted molar refractivity (Wildman–Crippen MR) is 179 cm³/mol. The van der Waals surface area contributed by atoms with E-state index in [2.05, 4.69) is 158 Å². The Morgan fingerprint density at radius 2 is 1.02 bits per heavy atom. The lowest BCUT2D eigenvalue weighted by Gasteiger charge is -2.18. The zero-order chi connectivity index (χ0) is 27.9. The van der Waals surface area contributed by atoms with Crippen LogP contribution in [0.5, 0.6) is 0 Å². The first-order valence-electron chi connectivity index (χ1n) is 14.2. The molecule has 0 N–H and O–H groups in total. The second-order valence-electron chi connectivity index (χ2n) is 10.7. The van der Waals surface area contributed by atoms with Crippen molar-refractivity contribution in [3.05, 3.63) is 157 Å². The normalized spacial score (nSPS) is 12.3. The van der Waals surface area contributed by atoms with E-state index < -0.39 is 0 Å². The SMILES string of the molecule is C=C(C)/C=C\C(=C/C)c1c2ccccc2c(-c2ccc(-n3c4ccccc4c4ccccc43)cc2)c2ccccc12. The van der Waals surface area contributed by atoms with Crippen molar-refractivity contribution in [3.63, 3.8) is 0 Å². The molecule has 0 spiro atoms. The lowest BCUT2D eigenvalue weighted by atomic mass is 9.85. The van der Waals surface area contributed by atoms with Crippen LogP contribution in [0.15, 0.2) is 152 Å². The zero-order valence-corrected chi connectivity index (χ0v) is 23.4. The summed E-state index contributed by atoms with van der Waals surface area (Å²) in [5.41, 5.74) is 9.61. The molecule has 1 nitrogen and oxygen atoms in total. The van der Waals surface area contributed by atoms with Gasteiger partial charge in [0, 0.05) is 16.5 Å². The van der Waals surface area contributed by atoms with Gasteiger partial charge >= 0.3 is 0 Å². The van der Waals surface area contributed by atoms with Gasteiger partial charge in [0.2, 0.25) is 0 Å². The first-order chi connectivity index (χ1) is 20.2. The average molecular weight is 526 g/mol. The Labute approximate surface area is 241 Å². The number of allylic oxidation sites excluding steroid dienone is 5. The van der Waals surface area contributed by atoms with Crippen molar-refractivity contribution in [3.8, 4) is 16.8 Å². The third kappa shape index (κ3) is 4.10. The molecule has 1 aromatic heterocycles. The minimum atomic E-state index is 1.04. The Hall–Kier alpha value is -5.14. The first kappa shape index (κ1) is 24.9. The van der Waals surface area contributed by atoms with Gasteiger partial charge in [-0.2, -0.15) is 0 Å². The van der Waals surface area contributed by atoms with Gasteiger partial charge in [0.15, 0.2) is 0 Å². The van der Waals surface area contributed by atoms with Crippen LogP contribution in [0.4, 0.5) is 0 Å². The van der Waals surface area contributed by atoms with Gasteiger partial charge in [-0.15, -0.1) is 0 Å². The molecule has 41 heavy (non-hydrogen) atoms. The van der Waals surface area contributed by atoms with E-state index in [1.807, 2.05) is 6.92 Å². The van der Waals surface area contributed by atoms with Gasteiger partial charge in [0.05, 0.1) is 11.0 Å². The Morgan fingerprint density at radius 1 is 0.561 bits per heavy atom. The van der Waals surface area contributed by atoms with Crippen LogP contribution in [0.2, 0.25) is 0 Å². The topological polar surface area (TPSA) is 4.93 Å². The molecule has 6 aromatic carbocycles. The average Bonchev–Trinajstić information content (AvgIpc) is 3.35. The van der Waals surface area contributed by atoms with Gasteiger partial charge in [0.1, 0.15) is 0 Å². The summed E-state index contributed by atoms with van der Waals surface area (Å²) in [6.45, 7) is 8.22. The maximum absolute atomic E-state index is 4.08. The Kier molecular flexibility index (Phi) is 6.14. The molecule has 1 heteroatoms.